The molecule has 1 heterocycles. The minimum absolute atomic E-state index is 0.242. The summed E-state index contributed by atoms with van der Waals surface area (Å²) in [5, 5.41) is 26.4. The molecule has 0 aliphatic heterocycles. The third-order valence-electron chi connectivity index (χ3n) is 7.74. The van der Waals surface area contributed by atoms with E-state index in [0.29, 0.717) is 11.1 Å². The van der Waals surface area contributed by atoms with E-state index in [1.807, 2.05) is 30.3 Å². The van der Waals surface area contributed by atoms with E-state index in [2.05, 4.69) is 96.5 Å². The van der Waals surface area contributed by atoms with Crippen LogP contribution < -0.4 is 0 Å². The van der Waals surface area contributed by atoms with Crippen molar-refractivity contribution in [3.63, 3.8) is 0 Å². The van der Waals surface area contributed by atoms with Crippen molar-refractivity contribution in [2.75, 3.05) is 0 Å². The summed E-state index contributed by atoms with van der Waals surface area (Å²) in [4.78, 5) is 4.29. The average Bonchev–Trinajstić information content (AvgIpc) is 3.34. The van der Waals surface area contributed by atoms with Crippen molar-refractivity contribution < 1.29 is 0 Å². The highest BCUT2D eigenvalue weighted by atomic mass is 14.6. The van der Waals surface area contributed by atoms with Crippen molar-refractivity contribution in [1.29, 1.82) is 15.9 Å². The Kier molecular flexibility index (Phi) is 6.44. The fourth-order valence-corrected chi connectivity index (χ4v) is 5.91. The molecule has 1 aliphatic carbocycles. The maximum Gasteiger partial charge on any atom is 0.101 e. The summed E-state index contributed by atoms with van der Waals surface area (Å²) in [6.45, 7) is 4.21. The summed E-state index contributed by atoms with van der Waals surface area (Å²) < 4.78 is 0. The van der Waals surface area contributed by atoms with Crippen LogP contribution in [0.5, 0.6) is 0 Å². The molecule has 4 heteroatoms. The summed E-state index contributed by atoms with van der Waals surface area (Å²) in [5.74, 6) is 0. The van der Waals surface area contributed by atoms with E-state index in [4.69, 9.17) is 5.41 Å². The van der Waals surface area contributed by atoms with Gasteiger partial charge in [0.25, 0.3) is 0 Å². The van der Waals surface area contributed by atoms with Crippen LogP contribution in [0.3, 0.4) is 0 Å². The van der Waals surface area contributed by atoms with Gasteiger partial charge >= 0.3 is 0 Å². The number of hydrogen-bond donors (Lipinski definition) is 1. The monoisotopic (exact) mass is 524 g/mol. The SMILES string of the molecule is C=C(/C=C(/C#N)C=N)c1ccc2c(c1)-c1cc(-c3cncc(C#N)c3)ccc1C2(c1ccccc1)c1ccccc1. The van der Waals surface area contributed by atoms with Crippen LogP contribution in [0.2, 0.25) is 0 Å². The first-order valence-electron chi connectivity index (χ1n) is 13.2. The lowest BCUT2D eigenvalue weighted by Gasteiger charge is -2.34. The van der Waals surface area contributed by atoms with Crippen LogP contribution in [0.1, 0.15) is 33.4 Å². The van der Waals surface area contributed by atoms with Crippen LogP contribution in [-0.4, -0.2) is 11.2 Å². The minimum Gasteiger partial charge on any atom is -0.307 e. The fraction of sp³-hybridized carbons (Fsp3) is 0.0270. The lowest BCUT2D eigenvalue weighted by Crippen LogP contribution is -2.28. The number of pyridine rings is 1. The second kappa shape index (κ2) is 10.4. The van der Waals surface area contributed by atoms with Gasteiger partial charge in [-0.2, -0.15) is 10.5 Å². The van der Waals surface area contributed by atoms with Crippen molar-refractivity contribution in [2.45, 2.75) is 5.41 Å². The highest BCUT2D eigenvalue weighted by Gasteiger charge is 2.46. The van der Waals surface area contributed by atoms with E-state index in [1.165, 1.54) is 0 Å². The Morgan fingerprint density at radius 2 is 1.39 bits per heavy atom. The third-order valence-corrected chi connectivity index (χ3v) is 7.74. The Labute approximate surface area is 239 Å². The maximum atomic E-state index is 9.46. The molecular formula is C37H24N4. The molecule has 4 aromatic carbocycles. The van der Waals surface area contributed by atoms with E-state index in [-0.39, 0.29) is 5.57 Å². The molecule has 1 N–H and O–H groups in total. The summed E-state index contributed by atoms with van der Waals surface area (Å²) in [6.07, 6.45) is 6.03. The molecular weight excluding hydrogens is 500 g/mol. The normalized spacial score (nSPS) is 12.9. The minimum atomic E-state index is -0.555. The zero-order chi connectivity index (χ0) is 28.4. The van der Waals surface area contributed by atoms with Crippen LogP contribution in [0.25, 0.3) is 27.8 Å². The van der Waals surface area contributed by atoms with Gasteiger partial charge < -0.3 is 5.41 Å². The Balaban J connectivity index is 1.67. The molecule has 0 spiro atoms. The quantitative estimate of drug-likeness (QED) is 0.136. The van der Waals surface area contributed by atoms with Gasteiger partial charge in [0.05, 0.1) is 16.6 Å². The smallest absolute Gasteiger partial charge is 0.101 e. The largest absolute Gasteiger partial charge is 0.307 e. The molecule has 5 aromatic rings. The molecule has 0 atom stereocenters. The fourth-order valence-electron chi connectivity index (χ4n) is 5.91. The van der Waals surface area contributed by atoms with Gasteiger partial charge in [-0.05, 0) is 74.4 Å². The van der Waals surface area contributed by atoms with Gasteiger partial charge in [0.1, 0.15) is 12.1 Å². The maximum absolute atomic E-state index is 9.46. The first kappa shape index (κ1) is 25.4. The molecule has 1 aliphatic rings. The number of fused-ring (bicyclic) bond motifs is 3. The number of hydrogen-bond acceptors (Lipinski definition) is 4. The van der Waals surface area contributed by atoms with Crippen LogP contribution in [0.4, 0.5) is 0 Å². The van der Waals surface area contributed by atoms with E-state index in [1.54, 1.807) is 18.5 Å². The topological polar surface area (TPSA) is 84.3 Å². The number of rotatable bonds is 6. The molecule has 0 saturated carbocycles. The van der Waals surface area contributed by atoms with Gasteiger partial charge in [-0.3, -0.25) is 4.98 Å². The average molecular weight is 525 g/mol. The predicted molar refractivity (Wildman–Crippen MR) is 163 cm³/mol. The third kappa shape index (κ3) is 4.16. The van der Waals surface area contributed by atoms with Gasteiger partial charge in [0.2, 0.25) is 0 Å². The van der Waals surface area contributed by atoms with E-state index < -0.39 is 5.41 Å². The Bertz CT molecular complexity index is 1900. The van der Waals surface area contributed by atoms with Crippen molar-refractivity contribution in [1.82, 2.24) is 4.98 Å². The zero-order valence-corrected chi connectivity index (χ0v) is 22.2. The van der Waals surface area contributed by atoms with Crippen molar-refractivity contribution in [3.8, 4) is 34.4 Å². The summed E-state index contributed by atoms with van der Waals surface area (Å²) >= 11 is 0. The molecule has 0 fully saturated rings. The lowest BCUT2D eigenvalue weighted by molar-refractivity contribution is 0.768. The summed E-state index contributed by atoms with van der Waals surface area (Å²) in [5.41, 5.74) is 10.4. The van der Waals surface area contributed by atoms with Crippen LogP contribution in [0.15, 0.2) is 134 Å². The van der Waals surface area contributed by atoms with E-state index in [9.17, 15) is 10.5 Å². The molecule has 6 rings (SSSR count). The van der Waals surface area contributed by atoms with E-state index >= 15 is 0 Å². The van der Waals surface area contributed by atoms with Gasteiger partial charge in [0, 0.05) is 24.2 Å². The second-order valence-corrected chi connectivity index (χ2v) is 9.96. The van der Waals surface area contributed by atoms with Crippen molar-refractivity contribution in [3.05, 3.63) is 167 Å². The van der Waals surface area contributed by atoms with Crippen LogP contribution in [-0.2, 0) is 5.41 Å². The van der Waals surface area contributed by atoms with E-state index in [0.717, 1.165) is 56.3 Å². The molecule has 0 amide bonds. The molecule has 0 unspecified atom stereocenters. The molecule has 0 bridgehead atoms. The highest BCUT2D eigenvalue weighted by Crippen LogP contribution is 2.57. The number of nitriles is 2. The molecule has 4 nitrogen and oxygen atoms in total. The second-order valence-electron chi connectivity index (χ2n) is 9.96. The Hall–Kier alpha value is -5.84. The molecule has 41 heavy (non-hydrogen) atoms. The Morgan fingerprint density at radius 3 is 2.00 bits per heavy atom. The van der Waals surface area contributed by atoms with Gasteiger partial charge in [-0.25, -0.2) is 0 Å². The zero-order valence-electron chi connectivity index (χ0n) is 22.2. The summed E-state index contributed by atoms with van der Waals surface area (Å²) in [6, 6.07) is 40.0. The number of nitrogens with zero attached hydrogens (tertiary/aromatic N) is 3. The van der Waals surface area contributed by atoms with Crippen molar-refractivity contribution in [2.24, 2.45) is 0 Å². The van der Waals surface area contributed by atoms with Gasteiger partial charge in [-0.1, -0.05) is 91.5 Å². The lowest BCUT2D eigenvalue weighted by atomic mass is 9.67. The Morgan fingerprint density at radius 1 is 0.756 bits per heavy atom. The first-order valence-corrected chi connectivity index (χ1v) is 13.2. The molecule has 0 saturated heterocycles. The first-order chi connectivity index (χ1) is 20.1. The molecule has 0 radical (unpaired) electrons. The van der Waals surface area contributed by atoms with Crippen LogP contribution >= 0.6 is 0 Å². The molecule has 1 aromatic heterocycles. The van der Waals surface area contributed by atoms with Crippen LogP contribution in [0, 0.1) is 28.1 Å². The predicted octanol–water partition coefficient (Wildman–Crippen LogP) is 8.10. The van der Waals surface area contributed by atoms with Crippen molar-refractivity contribution >= 4 is 11.8 Å². The number of aromatic nitrogens is 1. The summed E-state index contributed by atoms with van der Waals surface area (Å²) in [7, 11) is 0. The highest BCUT2D eigenvalue weighted by molar-refractivity contribution is 5.92. The molecule has 192 valence electrons. The standard InChI is InChI=1S/C37H24N4/c1-25(16-26(20-38)21-39)28-12-14-35-33(18-28)34-19-29(30-17-27(22-40)23-41-24-30)13-15-36(34)37(35,31-8-4-2-5-9-31)32-10-6-3-7-11-32/h2-20,23-24,38H,1H2/b26-16+,38-20?. The number of allylic oxidation sites excluding steroid dienone is 3. The van der Waals surface area contributed by atoms with Gasteiger partial charge in [0.15, 0.2) is 0 Å². The number of benzene rings is 4. The number of nitrogens with one attached hydrogen (secondary N) is 1. The van der Waals surface area contributed by atoms with Gasteiger partial charge in [-0.15, -0.1) is 0 Å².